The summed E-state index contributed by atoms with van der Waals surface area (Å²) >= 11 is 9.32. The minimum absolute atomic E-state index is 0.222. The van der Waals surface area contributed by atoms with Gasteiger partial charge in [0.25, 0.3) is 0 Å². The Bertz CT molecular complexity index is 511. The van der Waals surface area contributed by atoms with E-state index in [4.69, 9.17) is 11.6 Å². The summed E-state index contributed by atoms with van der Waals surface area (Å²) in [4.78, 5) is 4.48. The molecule has 1 heterocycles. The molecule has 0 aliphatic carbocycles. The van der Waals surface area contributed by atoms with Crippen LogP contribution in [0.25, 0.3) is 0 Å². The Hall–Kier alpha value is -0.900. The first-order valence-corrected chi connectivity index (χ1v) is 7.45. The quantitative estimate of drug-likeness (QED) is 0.874. The molecule has 0 aliphatic heterocycles. The zero-order valence-electron chi connectivity index (χ0n) is 10.7. The lowest BCUT2D eigenvalue weighted by molar-refractivity contribution is 0.536. The molecule has 2 nitrogen and oxygen atoms in total. The predicted octanol–water partition coefficient (Wildman–Crippen LogP) is 4.39. The molecule has 0 amide bonds. The molecule has 1 aromatic heterocycles. The van der Waals surface area contributed by atoms with Crippen LogP contribution < -0.4 is 5.32 Å². The smallest absolute Gasteiger partial charge is 0.0577 e. The van der Waals surface area contributed by atoms with Crippen molar-refractivity contribution in [3.05, 3.63) is 63.3 Å². The fourth-order valence-corrected chi connectivity index (χ4v) is 2.34. The van der Waals surface area contributed by atoms with Crippen LogP contribution in [0.15, 0.2) is 47.1 Å². The maximum Gasteiger partial charge on any atom is 0.0577 e. The van der Waals surface area contributed by atoms with Gasteiger partial charge in [0.05, 0.1) is 11.7 Å². The third-order valence-corrected chi connectivity index (χ3v) is 3.63. The van der Waals surface area contributed by atoms with E-state index in [0.29, 0.717) is 0 Å². The van der Waals surface area contributed by atoms with Gasteiger partial charge in [-0.15, -0.1) is 0 Å². The van der Waals surface area contributed by atoms with Crippen LogP contribution in [0.4, 0.5) is 0 Å². The topological polar surface area (TPSA) is 24.9 Å². The Labute approximate surface area is 127 Å². The number of benzene rings is 1. The standard InChI is InChI=1S/C15H16BrClN2/c1-2-18-15(14-8-5-12(16)10-19-14)9-11-3-6-13(17)7-4-11/h3-8,10,15,18H,2,9H2,1H3. The van der Waals surface area contributed by atoms with E-state index in [-0.39, 0.29) is 6.04 Å². The van der Waals surface area contributed by atoms with Gasteiger partial charge in [-0.1, -0.05) is 30.7 Å². The van der Waals surface area contributed by atoms with Gasteiger partial charge in [0, 0.05) is 15.7 Å². The molecular weight excluding hydrogens is 324 g/mol. The summed E-state index contributed by atoms with van der Waals surface area (Å²) in [5, 5.41) is 4.24. The Morgan fingerprint density at radius 2 is 1.95 bits per heavy atom. The average molecular weight is 340 g/mol. The van der Waals surface area contributed by atoms with Crippen LogP contribution in [0.3, 0.4) is 0 Å². The van der Waals surface area contributed by atoms with Gasteiger partial charge in [0.15, 0.2) is 0 Å². The molecule has 0 fully saturated rings. The maximum atomic E-state index is 5.91. The van der Waals surface area contributed by atoms with E-state index < -0.39 is 0 Å². The molecule has 1 atom stereocenters. The zero-order chi connectivity index (χ0) is 13.7. The maximum absolute atomic E-state index is 5.91. The molecule has 100 valence electrons. The van der Waals surface area contributed by atoms with Crippen molar-refractivity contribution in [1.29, 1.82) is 0 Å². The molecule has 0 saturated carbocycles. The van der Waals surface area contributed by atoms with E-state index in [1.165, 1.54) is 5.56 Å². The highest BCUT2D eigenvalue weighted by Crippen LogP contribution is 2.19. The second-order valence-electron chi connectivity index (χ2n) is 4.34. The van der Waals surface area contributed by atoms with Crippen LogP contribution in [0.5, 0.6) is 0 Å². The summed E-state index contributed by atoms with van der Waals surface area (Å²) in [6.45, 7) is 3.02. The number of hydrogen-bond donors (Lipinski definition) is 1. The van der Waals surface area contributed by atoms with E-state index in [9.17, 15) is 0 Å². The van der Waals surface area contributed by atoms with Crippen molar-refractivity contribution < 1.29 is 0 Å². The van der Waals surface area contributed by atoms with E-state index in [0.717, 1.165) is 28.2 Å². The van der Waals surface area contributed by atoms with Crippen LogP contribution in [0.1, 0.15) is 24.2 Å². The zero-order valence-corrected chi connectivity index (χ0v) is 13.1. The average Bonchev–Trinajstić information content (AvgIpc) is 2.42. The van der Waals surface area contributed by atoms with Crippen molar-refractivity contribution >= 4 is 27.5 Å². The van der Waals surface area contributed by atoms with Gasteiger partial charge in [0.1, 0.15) is 0 Å². The van der Waals surface area contributed by atoms with Crippen LogP contribution >= 0.6 is 27.5 Å². The van der Waals surface area contributed by atoms with Crippen molar-refractivity contribution in [2.45, 2.75) is 19.4 Å². The molecule has 0 radical (unpaired) electrons. The molecule has 2 aromatic rings. The van der Waals surface area contributed by atoms with Crippen molar-refractivity contribution in [3.8, 4) is 0 Å². The fraction of sp³-hybridized carbons (Fsp3) is 0.267. The highest BCUT2D eigenvalue weighted by atomic mass is 79.9. The molecule has 1 unspecified atom stereocenters. The van der Waals surface area contributed by atoms with Crippen LogP contribution in [-0.4, -0.2) is 11.5 Å². The van der Waals surface area contributed by atoms with Gasteiger partial charge in [-0.05, 0) is 58.7 Å². The lowest BCUT2D eigenvalue weighted by Gasteiger charge is -2.17. The molecule has 19 heavy (non-hydrogen) atoms. The lowest BCUT2D eigenvalue weighted by Crippen LogP contribution is -2.23. The van der Waals surface area contributed by atoms with Gasteiger partial charge in [-0.3, -0.25) is 4.98 Å². The van der Waals surface area contributed by atoms with E-state index in [1.807, 2.05) is 30.5 Å². The second kappa shape index (κ2) is 7.04. The van der Waals surface area contributed by atoms with Crippen LogP contribution in [0, 0.1) is 0 Å². The van der Waals surface area contributed by atoms with E-state index in [1.54, 1.807) is 0 Å². The first kappa shape index (κ1) is 14.5. The number of halogens is 2. The molecule has 0 spiro atoms. The lowest BCUT2D eigenvalue weighted by atomic mass is 10.0. The number of nitrogens with one attached hydrogen (secondary N) is 1. The van der Waals surface area contributed by atoms with Gasteiger partial charge in [0.2, 0.25) is 0 Å². The predicted molar refractivity (Wildman–Crippen MR) is 83.5 cm³/mol. The van der Waals surface area contributed by atoms with Crippen LogP contribution in [0.2, 0.25) is 5.02 Å². The van der Waals surface area contributed by atoms with Crippen molar-refractivity contribution in [2.75, 3.05) is 6.54 Å². The van der Waals surface area contributed by atoms with Crippen molar-refractivity contribution in [3.63, 3.8) is 0 Å². The van der Waals surface area contributed by atoms with Gasteiger partial charge >= 0.3 is 0 Å². The number of aromatic nitrogens is 1. The second-order valence-corrected chi connectivity index (χ2v) is 5.69. The van der Waals surface area contributed by atoms with E-state index in [2.05, 4.69) is 45.3 Å². The van der Waals surface area contributed by atoms with Crippen molar-refractivity contribution in [2.24, 2.45) is 0 Å². The minimum Gasteiger partial charge on any atom is -0.309 e. The number of nitrogens with zero attached hydrogens (tertiary/aromatic N) is 1. The first-order valence-electron chi connectivity index (χ1n) is 6.28. The molecule has 1 aromatic carbocycles. The van der Waals surface area contributed by atoms with Crippen LogP contribution in [-0.2, 0) is 6.42 Å². The SMILES string of the molecule is CCNC(Cc1ccc(Cl)cc1)c1ccc(Br)cn1. The number of pyridine rings is 1. The summed E-state index contributed by atoms with van der Waals surface area (Å²) in [6, 6.07) is 12.3. The fourth-order valence-electron chi connectivity index (χ4n) is 1.98. The van der Waals surface area contributed by atoms with Gasteiger partial charge < -0.3 is 5.32 Å². The molecule has 0 bridgehead atoms. The monoisotopic (exact) mass is 338 g/mol. The number of likely N-dealkylation sites (N-methyl/N-ethyl adjacent to an activating group) is 1. The molecule has 0 saturated heterocycles. The van der Waals surface area contributed by atoms with Gasteiger partial charge in [-0.25, -0.2) is 0 Å². The summed E-state index contributed by atoms with van der Waals surface area (Å²) in [6.07, 6.45) is 2.74. The highest BCUT2D eigenvalue weighted by molar-refractivity contribution is 9.10. The van der Waals surface area contributed by atoms with Crippen molar-refractivity contribution in [1.82, 2.24) is 10.3 Å². The molecule has 4 heteroatoms. The molecule has 0 aliphatic rings. The number of hydrogen-bond acceptors (Lipinski definition) is 2. The first-order chi connectivity index (χ1) is 9.19. The Balaban J connectivity index is 2.15. The van der Waals surface area contributed by atoms with Gasteiger partial charge in [-0.2, -0.15) is 0 Å². The highest BCUT2D eigenvalue weighted by Gasteiger charge is 2.12. The Morgan fingerprint density at radius 1 is 1.21 bits per heavy atom. The third-order valence-electron chi connectivity index (χ3n) is 2.91. The summed E-state index contributed by atoms with van der Waals surface area (Å²) in [5.74, 6) is 0. The van der Waals surface area contributed by atoms with E-state index >= 15 is 0 Å². The third kappa shape index (κ3) is 4.30. The Morgan fingerprint density at radius 3 is 2.53 bits per heavy atom. The molecule has 2 rings (SSSR count). The minimum atomic E-state index is 0.222. The molecule has 1 N–H and O–H groups in total. The summed E-state index contributed by atoms with van der Waals surface area (Å²) < 4.78 is 0.998. The summed E-state index contributed by atoms with van der Waals surface area (Å²) in [5.41, 5.74) is 2.31. The summed E-state index contributed by atoms with van der Waals surface area (Å²) in [7, 11) is 0. The normalized spacial score (nSPS) is 12.4. The molecular formula is C15H16BrClN2. The Kier molecular flexibility index (Phi) is 5.37. The number of rotatable bonds is 5. The largest absolute Gasteiger partial charge is 0.309 e.